The van der Waals surface area contributed by atoms with Gasteiger partial charge in [0.2, 0.25) is 17.3 Å². The van der Waals surface area contributed by atoms with Crippen molar-refractivity contribution in [1.82, 2.24) is 20.5 Å². The van der Waals surface area contributed by atoms with Crippen LogP contribution < -0.4 is 10.9 Å². The molecule has 0 radical (unpaired) electrons. The van der Waals surface area contributed by atoms with Crippen LogP contribution in [0.4, 0.5) is 0 Å². The highest BCUT2D eigenvalue weighted by Crippen LogP contribution is 2.15. The Morgan fingerprint density at radius 2 is 2.29 bits per heavy atom. The van der Waals surface area contributed by atoms with Gasteiger partial charge in [0, 0.05) is 18.7 Å². The van der Waals surface area contributed by atoms with E-state index in [9.17, 15) is 4.79 Å². The molecule has 6 nitrogen and oxygen atoms in total. The van der Waals surface area contributed by atoms with Crippen molar-refractivity contribution < 1.29 is 4.42 Å². The van der Waals surface area contributed by atoms with Gasteiger partial charge >= 0.3 is 0 Å². The Balaban J connectivity index is 2.07. The molecule has 0 atom stereocenters. The van der Waals surface area contributed by atoms with Crippen LogP contribution in [0.15, 0.2) is 27.5 Å². The van der Waals surface area contributed by atoms with E-state index in [4.69, 9.17) is 4.42 Å². The average Bonchev–Trinajstić information content (AvgIpc) is 2.79. The fraction of sp³-hybridized carbons (Fsp3) is 0.364. The summed E-state index contributed by atoms with van der Waals surface area (Å²) in [5.41, 5.74) is 0.569. The number of aryl methyl sites for hydroxylation is 1. The van der Waals surface area contributed by atoms with E-state index >= 15 is 0 Å². The van der Waals surface area contributed by atoms with Crippen molar-refractivity contribution in [2.75, 3.05) is 13.6 Å². The van der Waals surface area contributed by atoms with Gasteiger partial charge in [-0.05, 0) is 26.1 Å². The fourth-order valence-corrected chi connectivity index (χ4v) is 1.43. The topological polar surface area (TPSA) is 83.8 Å². The first-order chi connectivity index (χ1) is 8.29. The number of H-pyrrole nitrogens is 1. The van der Waals surface area contributed by atoms with E-state index in [-0.39, 0.29) is 5.56 Å². The lowest BCUT2D eigenvalue weighted by Crippen LogP contribution is -2.08. The molecule has 0 saturated carbocycles. The monoisotopic (exact) mass is 234 g/mol. The minimum absolute atomic E-state index is 0.150. The van der Waals surface area contributed by atoms with E-state index in [2.05, 4.69) is 20.5 Å². The van der Waals surface area contributed by atoms with Crippen molar-refractivity contribution in [3.63, 3.8) is 0 Å². The third-order valence-corrected chi connectivity index (χ3v) is 2.32. The van der Waals surface area contributed by atoms with Gasteiger partial charge in [-0.25, -0.2) is 0 Å². The maximum Gasteiger partial charge on any atom is 0.249 e. The fourth-order valence-electron chi connectivity index (χ4n) is 1.43. The zero-order chi connectivity index (χ0) is 12.1. The standard InChI is InChI=1S/C11H14N4O2/c1-12-6-2-3-10-14-15-11(17-10)8-4-5-9(16)13-7-8/h4-5,7,12H,2-3,6H2,1H3,(H,13,16). The van der Waals surface area contributed by atoms with Crippen LogP contribution in [0.25, 0.3) is 11.5 Å². The molecule has 0 aromatic carbocycles. The molecule has 2 aromatic rings. The summed E-state index contributed by atoms with van der Waals surface area (Å²) in [6, 6.07) is 3.09. The quantitative estimate of drug-likeness (QED) is 0.739. The Bertz CT molecular complexity index is 512. The molecule has 2 aromatic heterocycles. The third-order valence-electron chi connectivity index (χ3n) is 2.32. The molecule has 2 heterocycles. The third kappa shape index (κ3) is 3.01. The first kappa shape index (κ1) is 11.5. The van der Waals surface area contributed by atoms with Crippen molar-refractivity contribution in [3.05, 3.63) is 34.6 Å². The van der Waals surface area contributed by atoms with Crippen LogP contribution in [0.2, 0.25) is 0 Å². The summed E-state index contributed by atoms with van der Waals surface area (Å²) in [4.78, 5) is 13.5. The lowest BCUT2D eigenvalue weighted by molar-refractivity contribution is 0.494. The Kier molecular flexibility index (Phi) is 3.66. The molecule has 0 aliphatic heterocycles. The van der Waals surface area contributed by atoms with Gasteiger partial charge in [-0.15, -0.1) is 10.2 Å². The highest BCUT2D eigenvalue weighted by atomic mass is 16.4. The summed E-state index contributed by atoms with van der Waals surface area (Å²) in [5.74, 6) is 1.04. The Labute approximate surface area is 98.1 Å². The predicted molar refractivity (Wildman–Crippen MR) is 62.6 cm³/mol. The molecule has 6 heteroatoms. The summed E-state index contributed by atoms with van der Waals surface area (Å²) >= 11 is 0. The van der Waals surface area contributed by atoms with Crippen LogP contribution in [-0.2, 0) is 6.42 Å². The van der Waals surface area contributed by atoms with Crippen molar-refractivity contribution >= 4 is 0 Å². The molecule has 17 heavy (non-hydrogen) atoms. The highest BCUT2D eigenvalue weighted by Gasteiger charge is 2.07. The van der Waals surface area contributed by atoms with E-state index in [0.717, 1.165) is 24.9 Å². The number of hydrogen-bond donors (Lipinski definition) is 2. The second-order valence-electron chi connectivity index (χ2n) is 3.65. The molecule has 0 saturated heterocycles. The van der Waals surface area contributed by atoms with Crippen molar-refractivity contribution in [3.8, 4) is 11.5 Å². The van der Waals surface area contributed by atoms with E-state index < -0.39 is 0 Å². The Morgan fingerprint density at radius 3 is 3.00 bits per heavy atom. The molecular formula is C11H14N4O2. The van der Waals surface area contributed by atoms with Crippen LogP contribution in [-0.4, -0.2) is 28.8 Å². The molecule has 0 unspecified atom stereocenters. The van der Waals surface area contributed by atoms with Gasteiger partial charge in [-0.2, -0.15) is 0 Å². The largest absolute Gasteiger partial charge is 0.421 e. The number of nitrogens with one attached hydrogen (secondary N) is 2. The lowest BCUT2D eigenvalue weighted by Gasteiger charge is -1.95. The van der Waals surface area contributed by atoms with Crippen LogP contribution >= 0.6 is 0 Å². The van der Waals surface area contributed by atoms with Crippen LogP contribution in [0.3, 0.4) is 0 Å². The van der Waals surface area contributed by atoms with Gasteiger partial charge in [0.15, 0.2) is 0 Å². The number of rotatable bonds is 5. The van der Waals surface area contributed by atoms with Gasteiger partial charge < -0.3 is 14.7 Å². The second kappa shape index (κ2) is 5.40. The normalized spacial score (nSPS) is 10.6. The summed E-state index contributed by atoms with van der Waals surface area (Å²) in [6.07, 6.45) is 3.26. The summed E-state index contributed by atoms with van der Waals surface area (Å²) < 4.78 is 5.48. The zero-order valence-electron chi connectivity index (χ0n) is 9.56. The number of aromatic amines is 1. The minimum atomic E-state index is -0.150. The van der Waals surface area contributed by atoms with E-state index in [1.165, 1.54) is 6.07 Å². The molecule has 0 spiro atoms. The highest BCUT2D eigenvalue weighted by molar-refractivity contribution is 5.49. The molecule has 0 aliphatic rings. The van der Waals surface area contributed by atoms with Gasteiger partial charge in [0.05, 0.1) is 5.56 Å². The second-order valence-corrected chi connectivity index (χ2v) is 3.65. The summed E-state index contributed by atoms with van der Waals surface area (Å²) in [6.45, 7) is 0.913. The first-order valence-electron chi connectivity index (χ1n) is 5.45. The van der Waals surface area contributed by atoms with Crippen LogP contribution in [0.5, 0.6) is 0 Å². The minimum Gasteiger partial charge on any atom is -0.421 e. The number of aromatic nitrogens is 3. The van der Waals surface area contributed by atoms with E-state index in [0.29, 0.717) is 11.8 Å². The smallest absolute Gasteiger partial charge is 0.249 e. The number of pyridine rings is 1. The van der Waals surface area contributed by atoms with Crippen molar-refractivity contribution in [2.45, 2.75) is 12.8 Å². The van der Waals surface area contributed by atoms with Crippen molar-refractivity contribution in [1.29, 1.82) is 0 Å². The zero-order valence-corrected chi connectivity index (χ0v) is 9.56. The van der Waals surface area contributed by atoms with Crippen LogP contribution in [0.1, 0.15) is 12.3 Å². The number of nitrogens with zero attached hydrogens (tertiary/aromatic N) is 2. The molecule has 0 bridgehead atoms. The molecule has 90 valence electrons. The SMILES string of the molecule is CNCCCc1nnc(-c2ccc(=O)[nH]c2)o1. The van der Waals surface area contributed by atoms with E-state index in [1.54, 1.807) is 12.3 Å². The molecular weight excluding hydrogens is 220 g/mol. The summed E-state index contributed by atoms with van der Waals surface area (Å²) in [7, 11) is 1.90. The van der Waals surface area contributed by atoms with Crippen LogP contribution in [0, 0.1) is 0 Å². The van der Waals surface area contributed by atoms with Gasteiger partial charge in [0.25, 0.3) is 0 Å². The molecule has 0 aliphatic carbocycles. The number of hydrogen-bond acceptors (Lipinski definition) is 5. The van der Waals surface area contributed by atoms with E-state index in [1.807, 2.05) is 7.05 Å². The van der Waals surface area contributed by atoms with Gasteiger partial charge in [-0.3, -0.25) is 4.79 Å². The summed E-state index contributed by atoms with van der Waals surface area (Å²) in [5, 5.41) is 10.9. The molecule has 2 rings (SSSR count). The first-order valence-corrected chi connectivity index (χ1v) is 5.45. The maximum atomic E-state index is 10.9. The Morgan fingerprint density at radius 1 is 1.41 bits per heavy atom. The lowest BCUT2D eigenvalue weighted by atomic mass is 10.3. The Hall–Kier alpha value is -1.95. The maximum absolute atomic E-state index is 10.9. The average molecular weight is 234 g/mol. The van der Waals surface area contributed by atoms with Gasteiger partial charge in [0.1, 0.15) is 0 Å². The van der Waals surface area contributed by atoms with Crippen molar-refractivity contribution in [2.24, 2.45) is 0 Å². The molecule has 0 fully saturated rings. The van der Waals surface area contributed by atoms with Gasteiger partial charge in [-0.1, -0.05) is 0 Å². The molecule has 0 amide bonds. The molecule has 2 N–H and O–H groups in total. The predicted octanol–water partition coefficient (Wildman–Crippen LogP) is 0.577.